The highest BCUT2D eigenvalue weighted by Gasteiger charge is 2.09. The molecule has 3 heteroatoms. The van der Waals surface area contributed by atoms with Gasteiger partial charge in [-0.2, -0.15) is 5.26 Å². The average molecular weight is 96.1 g/mol. The molecule has 0 bridgehead atoms. The van der Waals surface area contributed by atoms with E-state index in [-0.39, 0.29) is 6.17 Å². The van der Waals surface area contributed by atoms with Crippen molar-refractivity contribution in [3.8, 4) is 6.07 Å². The largest absolute Gasteiger partial charge is 0.288 e. The van der Waals surface area contributed by atoms with Crippen LogP contribution in [0.1, 0.15) is 0 Å². The van der Waals surface area contributed by atoms with E-state index >= 15 is 0 Å². The summed E-state index contributed by atoms with van der Waals surface area (Å²) in [5.74, 6) is 0. The highest BCUT2D eigenvalue weighted by atomic mass is 15.2. The second-order valence-corrected chi connectivity index (χ2v) is 1.34. The molecule has 0 spiro atoms. The summed E-state index contributed by atoms with van der Waals surface area (Å²) >= 11 is 0. The van der Waals surface area contributed by atoms with Gasteiger partial charge in [0.25, 0.3) is 0 Å². The molecule has 1 fully saturated rings. The third-order valence-electron chi connectivity index (χ3n) is 0.838. The predicted octanol–water partition coefficient (Wildman–Crippen LogP) is -0.809. The second kappa shape index (κ2) is 1.92. The molecule has 1 aliphatic rings. The smallest absolute Gasteiger partial charge is 0.148 e. The molecule has 1 saturated heterocycles. The first-order valence-corrected chi connectivity index (χ1v) is 2.14. The van der Waals surface area contributed by atoms with Gasteiger partial charge >= 0.3 is 0 Å². The normalized spacial score (nSPS) is 22.1. The van der Waals surface area contributed by atoms with Crippen molar-refractivity contribution in [2.75, 3.05) is 6.54 Å². The fourth-order valence-corrected chi connectivity index (χ4v) is 0.495. The average Bonchev–Trinajstić information content (AvgIpc) is 2.14. The van der Waals surface area contributed by atoms with Gasteiger partial charge in [0.2, 0.25) is 0 Å². The molecule has 1 atom stereocenters. The lowest BCUT2D eigenvalue weighted by molar-refractivity contribution is 0.686. The first-order chi connectivity index (χ1) is 3.43. The molecule has 1 rings (SSSR count). The van der Waals surface area contributed by atoms with Gasteiger partial charge in [0, 0.05) is 13.1 Å². The summed E-state index contributed by atoms with van der Waals surface area (Å²) in [6.45, 7) is 2.62. The van der Waals surface area contributed by atoms with E-state index in [1.807, 2.05) is 12.6 Å². The van der Waals surface area contributed by atoms with Gasteiger partial charge in [-0.1, -0.05) is 0 Å². The maximum atomic E-state index is 8.17. The third kappa shape index (κ3) is 0.889. The van der Waals surface area contributed by atoms with Crippen LogP contribution in [0.15, 0.2) is 0 Å². The molecule has 0 amide bonds. The molecule has 1 aliphatic heterocycles. The van der Waals surface area contributed by atoms with E-state index in [9.17, 15) is 0 Å². The number of nitriles is 1. The van der Waals surface area contributed by atoms with Crippen molar-refractivity contribution in [3.63, 3.8) is 0 Å². The van der Waals surface area contributed by atoms with E-state index in [0.29, 0.717) is 0 Å². The number of hydrogen-bond acceptors (Lipinski definition) is 3. The Labute approximate surface area is 42.3 Å². The lowest BCUT2D eigenvalue weighted by Crippen LogP contribution is -2.27. The Morgan fingerprint density at radius 2 is 2.71 bits per heavy atom. The first kappa shape index (κ1) is 4.57. The molecule has 0 aromatic rings. The summed E-state index contributed by atoms with van der Waals surface area (Å²) in [6, 6.07) is 2.01. The van der Waals surface area contributed by atoms with Crippen molar-refractivity contribution in [2.45, 2.75) is 6.17 Å². The number of rotatable bonds is 0. The fraction of sp³-hybridized carbons (Fsp3) is 0.500. The quantitative estimate of drug-likeness (QED) is 0.414. The molecule has 0 saturated carbocycles. The minimum Gasteiger partial charge on any atom is -0.288 e. The minimum absolute atomic E-state index is 0.153. The van der Waals surface area contributed by atoms with E-state index in [2.05, 4.69) is 10.6 Å². The van der Waals surface area contributed by atoms with Crippen LogP contribution in [0.3, 0.4) is 0 Å². The molecule has 37 valence electrons. The maximum absolute atomic E-state index is 8.17. The zero-order chi connectivity index (χ0) is 5.11. The molecule has 0 aromatic carbocycles. The monoisotopic (exact) mass is 96.1 g/mol. The summed E-state index contributed by atoms with van der Waals surface area (Å²) in [5, 5.41) is 13.9. The summed E-state index contributed by atoms with van der Waals surface area (Å²) in [4.78, 5) is 0. The Bertz CT molecular complexity index is 87.6. The van der Waals surface area contributed by atoms with Crippen LogP contribution in [0.25, 0.3) is 0 Å². The second-order valence-electron chi connectivity index (χ2n) is 1.34. The van der Waals surface area contributed by atoms with Crippen LogP contribution < -0.4 is 10.6 Å². The van der Waals surface area contributed by atoms with Crippen LogP contribution in [0.5, 0.6) is 0 Å². The lowest BCUT2D eigenvalue weighted by atomic mass is 10.6. The Kier molecular flexibility index (Phi) is 1.25. The Balaban J connectivity index is 2.31. The van der Waals surface area contributed by atoms with Gasteiger partial charge in [0.05, 0.1) is 6.07 Å². The van der Waals surface area contributed by atoms with Crippen molar-refractivity contribution in [1.29, 1.82) is 5.26 Å². The minimum atomic E-state index is -0.153. The number of hydrogen-bond donors (Lipinski definition) is 2. The van der Waals surface area contributed by atoms with Crippen molar-refractivity contribution in [1.82, 2.24) is 10.6 Å². The molecule has 1 unspecified atom stereocenters. The Morgan fingerprint density at radius 1 is 1.86 bits per heavy atom. The lowest BCUT2D eigenvalue weighted by Gasteiger charge is -1.93. The molecular weight excluding hydrogens is 90.1 g/mol. The van der Waals surface area contributed by atoms with Crippen molar-refractivity contribution < 1.29 is 0 Å². The summed E-state index contributed by atoms with van der Waals surface area (Å²) in [7, 11) is 0. The van der Waals surface area contributed by atoms with Gasteiger partial charge < -0.3 is 0 Å². The van der Waals surface area contributed by atoms with Crippen LogP contribution in [0.4, 0.5) is 0 Å². The molecule has 1 radical (unpaired) electrons. The highest BCUT2D eigenvalue weighted by Crippen LogP contribution is 1.83. The standard InChI is InChI=1S/C4H6N3/c5-3-4-6-1-2-7-4/h1,4,6-7H,2H2. The summed E-state index contributed by atoms with van der Waals surface area (Å²) in [6.07, 6.45) is -0.153. The molecule has 2 N–H and O–H groups in total. The van der Waals surface area contributed by atoms with E-state index < -0.39 is 0 Å². The van der Waals surface area contributed by atoms with Gasteiger partial charge in [0.15, 0.2) is 0 Å². The van der Waals surface area contributed by atoms with Gasteiger partial charge in [-0.3, -0.25) is 10.6 Å². The SMILES string of the molecule is N#CC1N[CH]CN1. The molecule has 1 heterocycles. The summed E-state index contributed by atoms with van der Waals surface area (Å²) < 4.78 is 0. The zero-order valence-corrected chi connectivity index (χ0v) is 3.81. The topological polar surface area (TPSA) is 47.9 Å². The number of nitrogens with zero attached hydrogens (tertiary/aromatic N) is 1. The van der Waals surface area contributed by atoms with Crippen molar-refractivity contribution >= 4 is 0 Å². The number of nitrogens with one attached hydrogen (secondary N) is 2. The van der Waals surface area contributed by atoms with Crippen LogP contribution in [0, 0.1) is 17.9 Å². The van der Waals surface area contributed by atoms with E-state index in [1.54, 1.807) is 0 Å². The first-order valence-electron chi connectivity index (χ1n) is 2.14. The maximum Gasteiger partial charge on any atom is 0.148 e. The Hall–Kier alpha value is -0.590. The van der Waals surface area contributed by atoms with E-state index in [0.717, 1.165) is 6.54 Å². The van der Waals surface area contributed by atoms with E-state index in [1.165, 1.54) is 0 Å². The summed E-state index contributed by atoms with van der Waals surface area (Å²) in [5.41, 5.74) is 0. The predicted molar refractivity (Wildman–Crippen MR) is 24.8 cm³/mol. The van der Waals surface area contributed by atoms with Gasteiger partial charge in [-0.05, 0) is 0 Å². The van der Waals surface area contributed by atoms with Gasteiger partial charge in [-0.25, -0.2) is 0 Å². The fourth-order valence-electron chi connectivity index (χ4n) is 0.495. The molecular formula is C4H6N3. The van der Waals surface area contributed by atoms with Crippen molar-refractivity contribution in [2.24, 2.45) is 0 Å². The van der Waals surface area contributed by atoms with Crippen LogP contribution in [-0.2, 0) is 0 Å². The Morgan fingerprint density at radius 3 is 3.00 bits per heavy atom. The third-order valence-corrected chi connectivity index (χ3v) is 0.838. The molecule has 0 aliphatic carbocycles. The molecule has 0 aromatic heterocycles. The van der Waals surface area contributed by atoms with Crippen LogP contribution >= 0.6 is 0 Å². The van der Waals surface area contributed by atoms with Crippen LogP contribution in [0.2, 0.25) is 0 Å². The van der Waals surface area contributed by atoms with E-state index in [4.69, 9.17) is 5.26 Å². The molecule has 3 nitrogen and oxygen atoms in total. The van der Waals surface area contributed by atoms with Crippen LogP contribution in [-0.4, -0.2) is 12.7 Å². The zero-order valence-electron chi connectivity index (χ0n) is 3.81. The molecule has 7 heavy (non-hydrogen) atoms. The van der Waals surface area contributed by atoms with Gasteiger partial charge in [-0.15, -0.1) is 0 Å². The van der Waals surface area contributed by atoms with Gasteiger partial charge in [0.1, 0.15) is 6.17 Å². The van der Waals surface area contributed by atoms with Crippen molar-refractivity contribution in [3.05, 3.63) is 6.54 Å². The highest BCUT2D eigenvalue weighted by molar-refractivity contribution is 4.95.